The first kappa shape index (κ1) is 13.2. The van der Waals surface area contributed by atoms with Gasteiger partial charge in [0.15, 0.2) is 0 Å². The van der Waals surface area contributed by atoms with Crippen molar-refractivity contribution in [1.29, 1.82) is 5.26 Å². The Morgan fingerprint density at radius 3 is 3.00 bits per heavy atom. The highest BCUT2D eigenvalue weighted by Gasteiger charge is 2.39. The van der Waals surface area contributed by atoms with Crippen LogP contribution < -0.4 is 11.1 Å². The molecule has 3 atom stereocenters. The smallest absolute Gasteiger partial charge is 0.101 e. The van der Waals surface area contributed by atoms with E-state index in [1.54, 1.807) is 18.2 Å². The Morgan fingerprint density at radius 2 is 2.39 bits per heavy atom. The SMILES string of the molecule is CCOC1CC(N)C1Nc1cc(Cl)ccc1C#N. The molecule has 1 aliphatic carbocycles. The fraction of sp³-hybridized carbons (Fsp3) is 0.462. The molecule has 0 aliphatic heterocycles. The number of nitrogens with two attached hydrogens (primary N) is 1. The van der Waals surface area contributed by atoms with Gasteiger partial charge in [0.1, 0.15) is 6.07 Å². The Kier molecular flexibility index (Phi) is 4.07. The molecule has 0 saturated heterocycles. The summed E-state index contributed by atoms with van der Waals surface area (Å²) in [4.78, 5) is 0. The van der Waals surface area contributed by atoms with Crippen LogP contribution in [0, 0.1) is 11.3 Å². The van der Waals surface area contributed by atoms with Crippen LogP contribution in [0.1, 0.15) is 18.9 Å². The average molecular weight is 266 g/mol. The number of rotatable bonds is 4. The monoisotopic (exact) mass is 265 g/mol. The number of nitrogens with zero attached hydrogens (tertiary/aromatic N) is 1. The quantitative estimate of drug-likeness (QED) is 0.875. The number of hydrogen-bond acceptors (Lipinski definition) is 4. The molecule has 1 aromatic carbocycles. The molecule has 2 rings (SSSR count). The maximum atomic E-state index is 9.05. The Morgan fingerprint density at radius 1 is 1.61 bits per heavy atom. The molecule has 0 heterocycles. The van der Waals surface area contributed by atoms with Gasteiger partial charge >= 0.3 is 0 Å². The van der Waals surface area contributed by atoms with Crippen molar-refractivity contribution in [2.75, 3.05) is 11.9 Å². The second-order valence-electron chi connectivity index (χ2n) is 4.37. The van der Waals surface area contributed by atoms with Gasteiger partial charge in [-0.3, -0.25) is 0 Å². The van der Waals surface area contributed by atoms with Crippen molar-refractivity contribution < 1.29 is 4.74 Å². The number of ether oxygens (including phenoxy) is 1. The number of hydrogen-bond donors (Lipinski definition) is 2. The molecule has 4 nitrogen and oxygen atoms in total. The van der Waals surface area contributed by atoms with E-state index in [-0.39, 0.29) is 18.2 Å². The largest absolute Gasteiger partial charge is 0.377 e. The zero-order valence-electron chi connectivity index (χ0n) is 10.2. The highest BCUT2D eigenvalue weighted by molar-refractivity contribution is 6.30. The number of anilines is 1. The van der Waals surface area contributed by atoms with Gasteiger partial charge in [-0.1, -0.05) is 11.6 Å². The topological polar surface area (TPSA) is 71.1 Å². The zero-order chi connectivity index (χ0) is 13.1. The molecule has 5 heteroatoms. The summed E-state index contributed by atoms with van der Waals surface area (Å²) < 4.78 is 5.58. The van der Waals surface area contributed by atoms with E-state index >= 15 is 0 Å². The fourth-order valence-electron chi connectivity index (χ4n) is 2.14. The van der Waals surface area contributed by atoms with E-state index < -0.39 is 0 Å². The lowest BCUT2D eigenvalue weighted by Crippen LogP contribution is -2.60. The second kappa shape index (κ2) is 5.57. The number of nitriles is 1. The molecule has 0 radical (unpaired) electrons. The molecule has 18 heavy (non-hydrogen) atoms. The van der Waals surface area contributed by atoms with Crippen LogP contribution in [0.5, 0.6) is 0 Å². The van der Waals surface area contributed by atoms with E-state index in [1.807, 2.05) is 6.92 Å². The molecule has 1 aliphatic rings. The minimum absolute atomic E-state index is 0.0375. The van der Waals surface area contributed by atoms with Crippen LogP contribution in [0.3, 0.4) is 0 Å². The molecular formula is C13H16ClN3O. The lowest BCUT2D eigenvalue weighted by Gasteiger charge is -2.43. The van der Waals surface area contributed by atoms with Crippen LogP contribution in [0.4, 0.5) is 5.69 Å². The van der Waals surface area contributed by atoms with Crippen molar-refractivity contribution in [3.8, 4) is 6.07 Å². The van der Waals surface area contributed by atoms with Crippen LogP contribution in [0.2, 0.25) is 5.02 Å². The standard InChI is InChI=1S/C13H16ClN3O/c1-2-18-12-6-10(16)13(12)17-11-5-9(14)4-3-8(11)7-15/h3-5,10,12-13,17H,2,6,16H2,1H3. The lowest BCUT2D eigenvalue weighted by molar-refractivity contribution is -0.0126. The van der Waals surface area contributed by atoms with Crippen LogP contribution in [0.25, 0.3) is 0 Å². The Hall–Kier alpha value is -1.28. The molecule has 3 N–H and O–H groups in total. The minimum atomic E-state index is 0.0375. The van der Waals surface area contributed by atoms with E-state index in [0.717, 1.165) is 12.1 Å². The van der Waals surface area contributed by atoms with Gasteiger partial charge in [-0.2, -0.15) is 5.26 Å². The normalized spacial score (nSPS) is 26.2. The summed E-state index contributed by atoms with van der Waals surface area (Å²) in [5.41, 5.74) is 7.24. The summed E-state index contributed by atoms with van der Waals surface area (Å²) in [6.07, 6.45) is 0.948. The van der Waals surface area contributed by atoms with Crippen molar-refractivity contribution >= 4 is 17.3 Å². The molecule has 96 valence electrons. The van der Waals surface area contributed by atoms with Gasteiger partial charge in [-0.25, -0.2) is 0 Å². The number of benzene rings is 1. The van der Waals surface area contributed by atoms with E-state index in [4.69, 9.17) is 27.3 Å². The van der Waals surface area contributed by atoms with E-state index in [0.29, 0.717) is 17.2 Å². The molecule has 0 aromatic heterocycles. The van der Waals surface area contributed by atoms with Crippen molar-refractivity contribution in [3.05, 3.63) is 28.8 Å². The summed E-state index contributed by atoms with van der Waals surface area (Å²) in [5.74, 6) is 0. The Balaban J connectivity index is 2.13. The van der Waals surface area contributed by atoms with Crippen LogP contribution in [-0.4, -0.2) is 24.8 Å². The van der Waals surface area contributed by atoms with Crippen molar-refractivity contribution in [3.63, 3.8) is 0 Å². The fourth-order valence-corrected chi connectivity index (χ4v) is 2.31. The van der Waals surface area contributed by atoms with E-state index in [9.17, 15) is 0 Å². The van der Waals surface area contributed by atoms with Gasteiger partial charge in [0.2, 0.25) is 0 Å². The first-order valence-electron chi connectivity index (χ1n) is 5.99. The highest BCUT2D eigenvalue weighted by atomic mass is 35.5. The summed E-state index contributed by atoms with van der Waals surface area (Å²) in [5, 5.41) is 12.9. The lowest BCUT2D eigenvalue weighted by atomic mass is 9.83. The maximum Gasteiger partial charge on any atom is 0.101 e. The predicted octanol–water partition coefficient (Wildman–Crippen LogP) is 2.13. The summed E-state index contributed by atoms with van der Waals surface area (Å²) in [6, 6.07) is 7.36. The third-order valence-corrected chi connectivity index (χ3v) is 3.41. The van der Waals surface area contributed by atoms with Crippen molar-refractivity contribution in [1.82, 2.24) is 0 Å². The third-order valence-electron chi connectivity index (χ3n) is 3.17. The van der Waals surface area contributed by atoms with Crippen LogP contribution in [-0.2, 0) is 4.74 Å². The van der Waals surface area contributed by atoms with Gasteiger partial charge in [0.05, 0.1) is 23.4 Å². The van der Waals surface area contributed by atoms with Crippen molar-refractivity contribution in [2.24, 2.45) is 5.73 Å². The van der Waals surface area contributed by atoms with E-state index in [1.165, 1.54) is 0 Å². The first-order valence-corrected chi connectivity index (χ1v) is 6.37. The Bertz CT molecular complexity index is 470. The molecule has 1 fully saturated rings. The Labute approximate surface area is 112 Å². The van der Waals surface area contributed by atoms with Gasteiger partial charge in [0, 0.05) is 17.7 Å². The second-order valence-corrected chi connectivity index (χ2v) is 4.80. The number of nitrogens with one attached hydrogen (secondary N) is 1. The van der Waals surface area contributed by atoms with Gasteiger partial charge < -0.3 is 15.8 Å². The zero-order valence-corrected chi connectivity index (χ0v) is 10.9. The summed E-state index contributed by atoms with van der Waals surface area (Å²) >= 11 is 5.94. The highest BCUT2D eigenvalue weighted by Crippen LogP contribution is 2.29. The first-order chi connectivity index (χ1) is 8.65. The van der Waals surface area contributed by atoms with Gasteiger partial charge in [-0.15, -0.1) is 0 Å². The molecule has 1 saturated carbocycles. The molecule has 0 bridgehead atoms. The summed E-state index contributed by atoms with van der Waals surface area (Å²) in [6.45, 7) is 2.62. The molecule has 0 spiro atoms. The molecular weight excluding hydrogens is 250 g/mol. The average Bonchev–Trinajstić information content (AvgIpc) is 2.36. The van der Waals surface area contributed by atoms with Crippen LogP contribution >= 0.6 is 11.6 Å². The van der Waals surface area contributed by atoms with Gasteiger partial charge in [0.25, 0.3) is 0 Å². The van der Waals surface area contributed by atoms with Gasteiger partial charge in [-0.05, 0) is 31.5 Å². The third kappa shape index (κ3) is 2.59. The summed E-state index contributed by atoms with van der Waals surface area (Å²) in [7, 11) is 0. The van der Waals surface area contributed by atoms with E-state index in [2.05, 4.69) is 11.4 Å². The van der Waals surface area contributed by atoms with Crippen LogP contribution in [0.15, 0.2) is 18.2 Å². The minimum Gasteiger partial charge on any atom is -0.377 e. The molecule has 1 aromatic rings. The van der Waals surface area contributed by atoms with Crippen molar-refractivity contribution in [2.45, 2.75) is 31.5 Å². The number of halogens is 1. The predicted molar refractivity (Wildman–Crippen MR) is 71.6 cm³/mol. The molecule has 0 amide bonds. The maximum absolute atomic E-state index is 9.05. The molecule has 3 unspecified atom stereocenters.